The molecule has 6 rings (SSSR count). The Kier molecular flexibility index (Phi) is 10.7. The molecule has 0 saturated heterocycles. The third kappa shape index (κ3) is 8.44. The van der Waals surface area contributed by atoms with Gasteiger partial charge in [0, 0.05) is 19.4 Å². The number of nitrogens with one attached hydrogen (secondary N) is 1. The fraction of sp³-hybridized carbons (Fsp3) is 0.372. The van der Waals surface area contributed by atoms with E-state index in [0.717, 1.165) is 53.5 Å². The van der Waals surface area contributed by atoms with Crippen molar-refractivity contribution in [3.8, 4) is 16.9 Å². The van der Waals surface area contributed by atoms with Gasteiger partial charge in [0.05, 0.1) is 0 Å². The van der Waals surface area contributed by atoms with Crippen molar-refractivity contribution in [2.45, 2.75) is 89.8 Å². The van der Waals surface area contributed by atoms with Gasteiger partial charge in [0.25, 0.3) is 0 Å². The monoisotopic (exact) mass is 672 g/mol. The van der Waals surface area contributed by atoms with Crippen LogP contribution in [0.1, 0.15) is 86.7 Å². The van der Waals surface area contributed by atoms with Crippen LogP contribution in [0.25, 0.3) is 11.1 Å². The normalized spacial score (nSPS) is 16.8. The van der Waals surface area contributed by atoms with Crippen LogP contribution in [0.5, 0.6) is 5.75 Å². The highest BCUT2D eigenvalue weighted by atomic mass is 16.5. The number of aliphatic carboxylic acids is 1. The SMILES string of the molecule is CC(C)(C)c1ccc(COc2ccc3c(c2)C(C(=O)N[C@@H](Cc2ccc(-c4ccccc4)cc2)C(=O)O)N(C(=O)CC2CCCC2)CC3)cc1. The second kappa shape index (κ2) is 15.3. The zero-order valence-corrected chi connectivity index (χ0v) is 29.4. The molecule has 4 aromatic carbocycles. The molecule has 2 N–H and O–H groups in total. The summed E-state index contributed by atoms with van der Waals surface area (Å²) in [6.07, 6.45) is 5.41. The molecule has 0 bridgehead atoms. The summed E-state index contributed by atoms with van der Waals surface area (Å²) in [6.45, 7) is 7.30. The summed E-state index contributed by atoms with van der Waals surface area (Å²) in [6, 6.07) is 29.7. The van der Waals surface area contributed by atoms with Gasteiger partial charge in [0.15, 0.2) is 0 Å². The number of amides is 2. The molecule has 7 nitrogen and oxygen atoms in total. The lowest BCUT2D eigenvalue weighted by Gasteiger charge is -2.37. The topological polar surface area (TPSA) is 95.9 Å². The van der Waals surface area contributed by atoms with E-state index in [1.165, 1.54) is 5.56 Å². The van der Waals surface area contributed by atoms with E-state index >= 15 is 0 Å². The number of hydrogen-bond donors (Lipinski definition) is 2. The molecule has 260 valence electrons. The van der Waals surface area contributed by atoms with Crippen molar-refractivity contribution in [3.63, 3.8) is 0 Å². The quantitative estimate of drug-likeness (QED) is 0.168. The summed E-state index contributed by atoms with van der Waals surface area (Å²) in [5.41, 5.74) is 6.87. The molecule has 1 heterocycles. The Morgan fingerprint density at radius 3 is 2.18 bits per heavy atom. The van der Waals surface area contributed by atoms with Crippen LogP contribution in [-0.4, -0.2) is 40.4 Å². The average molecular weight is 673 g/mol. The van der Waals surface area contributed by atoms with Gasteiger partial charge in [0.1, 0.15) is 24.4 Å². The van der Waals surface area contributed by atoms with Crippen molar-refractivity contribution in [1.82, 2.24) is 10.2 Å². The highest BCUT2D eigenvalue weighted by Crippen LogP contribution is 2.36. The van der Waals surface area contributed by atoms with Gasteiger partial charge in [-0.05, 0) is 81.7 Å². The Bertz CT molecular complexity index is 1790. The summed E-state index contributed by atoms with van der Waals surface area (Å²) < 4.78 is 6.23. The number of carboxylic acids is 1. The largest absolute Gasteiger partial charge is 0.489 e. The van der Waals surface area contributed by atoms with Gasteiger partial charge < -0.3 is 20.1 Å². The van der Waals surface area contributed by atoms with Crippen LogP contribution in [0.3, 0.4) is 0 Å². The molecule has 2 atom stereocenters. The van der Waals surface area contributed by atoms with E-state index in [1.807, 2.05) is 72.8 Å². The van der Waals surface area contributed by atoms with E-state index in [4.69, 9.17) is 4.74 Å². The summed E-state index contributed by atoms with van der Waals surface area (Å²) in [4.78, 5) is 42.3. The van der Waals surface area contributed by atoms with E-state index in [9.17, 15) is 19.5 Å². The number of nitrogens with zero attached hydrogens (tertiary/aromatic N) is 1. The number of carboxylic acid groups (broad SMARTS) is 1. The average Bonchev–Trinajstić information content (AvgIpc) is 3.63. The Morgan fingerprint density at radius 2 is 1.52 bits per heavy atom. The van der Waals surface area contributed by atoms with Crippen LogP contribution in [-0.2, 0) is 39.2 Å². The first-order valence-electron chi connectivity index (χ1n) is 17.9. The fourth-order valence-corrected chi connectivity index (χ4v) is 7.23. The fourth-order valence-electron chi connectivity index (χ4n) is 7.23. The van der Waals surface area contributed by atoms with Crippen molar-refractivity contribution in [2.24, 2.45) is 5.92 Å². The molecule has 0 aromatic heterocycles. The lowest BCUT2D eigenvalue weighted by molar-refractivity contribution is -0.145. The number of hydrogen-bond acceptors (Lipinski definition) is 4. The Morgan fingerprint density at radius 1 is 0.860 bits per heavy atom. The molecule has 2 aliphatic rings. The number of rotatable bonds is 11. The number of carbonyl (C=O) groups excluding carboxylic acids is 2. The third-order valence-electron chi connectivity index (χ3n) is 10.2. The van der Waals surface area contributed by atoms with Crippen LogP contribution in [0.4, 0.5) is 0 Å². The molecule has 4 aromatic rings. The molecule has 1 fully saturated rings. The van der Waals surface area contributed by atoms with Crippen molar-refractivity contribution in [3.05, 3.63) is 125 Å². The molecular weight excluding hydrogens is 624 g/mol. The van der Waals surface area contributed by atoms with Gasteiger partial charge in [-0.3, -0.25) is 9.59 Å². The van der Waals surface area contributed by atoms with Crippen LogP contribution >= 0.6 is 0 Å². The van der Waals surface area contributed by atoms with Crippen LogP contribution in [0.15, 0.2) is 97.1 Å². The van der Waals surface area contributed by atoms with Gasteiger partial charge in [-0.1, -0.05) is 119 Å². The van der Waals surface area contributed by atoms with E-state index in [0.29, 0.717) is 43.2 Å². The minimum absolute atomic E-state index is 0.0567. The first kappa shape index (κ1) is 34.9. The smallest absolute Gasteiger partial charge is 0.326 e. The summed E-state index contributed by atoms with van der Waals surface area (Å²) >= 11 is 0. The predicted octanol–water partition coefficient (Wildman–Crippen LogP) is 8.05. The zero-order chi connectivity index (χ0) is 35.3. The maximum Gasteiger partial charge on any atom is 0.326 e. The van der Waals surface area contributed by atoms with Gasteiger partial charge in [0.2, 0.25) is 11.8 Å². The third-order valence-corrected chi connectivity index (χ3v) is 10.2. The zero-order valence-electron chi connectivity index (χ0n) is 29.4. The number of fused-ring (bicyclic) bond motifs is 1. The van der Waals surface area contributed by atoms with Crippen LogP contribution in [0.2, 0.25) is 0 Å². The van der Waals surface area contributed by atoms with Gasteiger partial charge in [-0.2, -0.15) is 0 Å². The minimum atomic E-state index is -1.17. The molecule has 1 unspecified atom stereocenters. The minimum Gasteiger partial charge on any atom is -0.489 e. The lowest BCUT2D eigenvalue weighted by atomic mass is 9.87. The maximum atomic E-state index is 14.3. The molecule has 1 aliphatic heterocycles. The van der Waals surface area contributed by atoms with Crippen molar-refractivity contribution < 1.29 is 24.2 Å². The van der Waals surface area contributed by atoms with Crippen molar-refractivity contribution >= 4 is 17.8 Å². The Balaban J connectivity index is 1.22. The molecule has 0 spiro atoms. The van der Waals surface area contributed by atoms with E-state index < -0.39 is 24.0 Å². The second-order valence-corrected chi connectivity index (χ2v) is 14.9. The van der Waals surface area contributed by atoms with E-state index in [2.05, 4.69) is 50.4 Å². The second-order valence-electron chi connectivity index (χ2n) is 14.9. The maximum absolute atomic E-state index is 14.3. The standard InChI is InChI=1S/C43H48N2O5/c1-43(2,3)35-20-15-31(16-21-35)28-50-36-22-19-34-23-24-45(39(46)26-29-9-7-8-10-29)40(37(34)27-36)41(47)44-38(42(48)49)25-30-13-17-33(18-14-30)32-11-5-4-6-12-32/h4-6,11-22,27,29,38,40H,7-10,23-26,28H2,1-3H3,(H,44,47)(H,48,49)/t38-,40?/m0/s1. The van der Waals surface area contributed by atoms with E-state index in [1.54, 1.807) is 4.90 Å². The van der Waals surface area contributed by atoms with Gasteiger partial charge >= 0.3 is 5.97 Å². The predicted molar refractivity (Wildman–Crippen MR) is 196 cm³/mol. The Hall–Kier alpha value is -4.91. The van der Waals surface area contributed by atoms with Gasteiger partial charge in [-0.25, -0.2) is 4.79 Å². The number of ether oxygens (including phenoxy) is 1. The number of benzene rings is 4. The Labute approximate surface area is 295 Å². The summed E-state index contributed by atoms with van der Waals surface area (Å²) in [7, 11) is 0. The molecule has 2 amide bonds. The molecule has 1 saturated carbocycles. The molecule has 50 heavy (non-hydrogen) atoms. The lowest BCUT2D eigenvalue weighted by Crippen LogP contribution is -2.51. The molecule has 0 radical (unpaired) electrons. The number of carbonyl (C=O) groups is 3. The first-order chi connectivity index (χ1) is 24.0. The van der Waals surface area contributed by atoms with Crippen LogP contribution in [0, 0.1) is 5.92 Å². The molecular formula is C43H48N2O5. The first-order valence-corrected chi connectivity index (χ1v) is 17.9. The summed E-state index contributed by atoms with van der Waals surface area (Å²) in [5.74, 6) is -0.761. The molecule has 1 aliphatic carbocycles. The van der Waals surface area contributed by atoms with E-state index in [-0.39, 0.29) is 17.7 Å². The summed E-state index contributed by atoms with van der Waals surface area (Å²) in [5, 5.41) is 13.1. The van der Waals surface area contributed by atoms with Gasteiger partial charge in [-0.15, -0.1) is 0 Å². The highest BCUT2D eigenvalue weighted by molar-refractivity contribution is 5.92. The van der Waals surface area contributed by atoms with Crippen molar-refractivity contribution in [2.75, 3.05) is 6.54 Å². The molecule has 7 heteroatoms. The van der Waals surface area contributed by atoms with Crippen LogP contribution < -0.4 is 10.1 Å². The van der Waals surface area contributed by atoms with Crippen molar-refractivity contribution in [1.29, 1.82) is 0 Å². The highest BCUT2D eigenvalue weighted by Gasteiger charge is 2.38.